The number of hydrogen-bond donors (Lipinski definition) is 0. The molecule has 2 heterocycles. The minimum atomic E-state index is -4.71. The summed E-state index contributed by atoms with van der Waals surface area (Å²) in [6.45, 7) is 0. The summed E-state index contributed by atoms with van der Waals surface area (Å²) in [6, 6.07) is 4.85. The topological polar surface area (TPSA) is 30.2 Å². The number of imidazole rings is 1. The lowest BCUT2D eigenvalue weighted by molar-refractivity contribution is -0.140. The average molecular weight is 356 g/mol. The summed E-state index contributed by atoms with van der Waals surface area (Å²) in [5.74, 6) is -1.39. The largest absolute Gasteiger partial charge is 0.419 e. The monoisotopic (exact) mass is 355 g/mol. The van der Waals surface area contributed by atoms with Gasteiger partial charge < -0.3 is 0 Å². The van der Waals surface area contributed by atoms with Crippen molar-refractivity contribution in [2.24, 2.45) is 0 Å². The summed E-state index contributed by atoms with van der Waals surface area (Å²) < 4.78 is 53.6. The fourth-order valence-corrected chi connectivity index (χ4v) is 3.28. The zero-order chi connectivity index (χ0) is 17.1. The van der Waals surface area contributed by atoms with Crippen LogP contribution in [0.3, 0.4) is 0 Å². The van der Waals surface area contributed by atoms with Crippen LogP contribution < -0.4 is 0 Å². The standard InChI is InChI=1S/C16H10ClF4N3/c17-14-7-11(15-22-3-4-24(15)23-14)10-6-9(10)8-1-2-13(18)12(5-8)16(19,20)21/h1-5,7,9-10H,6H2/t9-,10+/m1/s1. The molecule has 2 aromatic heterocycles. The third-order valence-electron chi connectivity index (χ3n) is 4.27. The SMILES string of the molecule is Fc1ccc([C@H]2C[C@@H]2c2cc(Cl)nn3ccnc23)cc1C(F)(F)F. The van der Waals surface area contributed by atoms with Crippen molar-refractivity contribution in [1.29, 1.82) is 0 Å². The van der Waals surface area contributed by atoms with Crippen molar-refractivity contribution in [3.63, 3.8) is 0 Å². The van der Waals surface area contributed by atoms with E-state index in [4.69, 9.17) is 11.6 Å². The second-order valence-electron chi connectivity index (χ2n) is 5.80. The summed E-state index contributed by atoms with van der Waals surface area (Å²) in [4.78, 5) is 4.22. The Labute approximate surface area is 138 Å². The maximum absolute atomic E-state index is 13.4. The van der Waals surface area contributed by atoms with Gasteiger partial charge in [0.25, 0.3) is 0 Å². The highest BCUT2D eigenvalue weighted by Gasteiger charge is 2.43. The second kappa shape index (κ2) is 5.17. The molecule has 1 aromatic carbocycles. The van der Waals surface area contributed by atoms with Crippen LogP contribution in [0.15, 0.2) is 36.7 Å². The van der Waals surface area contributed by atoms with Crippen molar-refractivity contribution in [3.8, 4) is 0 Å². The summed E-state index contributed by atoms with van der Waals surface area (Å²) in [7, 11) is 0. The van der Waals surface area contributed by atoms with Crippen molar-refractivity contribution in [2.45, 2.75) is 24.4 Å². The molecule has 0 bridgehead atoms. The molecule has 124 valence electrons. The molecule has 1 aliphatic carbocycles. The van der Waals surface area contributed by atoms with Gasteiger partial charge in [-0.1, -0.05) is 17.7 Å². The van der Waals surface area contributed by atoms with Crippen LogP contribution >= 0.6 is 11.6 Å². The van der Waals surface area contributed by atoms with E-state index in [9.17, 15) is 17.6 Å². The lowest BCUT2D eigenvalue weighted by Crippen LogP contribution is -2.08. The van der Waals surface area contributed by atoms with Crippen LogP contribution in [-0.4, -0.2) is 14.6 Å². The van der Waals surface area contributed by atoms with Gasteiger partial charge in [0.05, 0.1) is 5.56 Å². The third-order valence-corrected chi connectivity index (χ3v) is 4.46. The maximum Gasteiger partial charge on any atom is 0.419 e. The van der Waals surface area contributed by atoms with E-state index in [1.54, 1.807) is 23.0 Å². The van der Waals surface area contributed by atoms with Gasteiger partial charge in [-0.3, -0.25) is 0 Å². The van der Waals surface area contributed by atoms with Crippen LogP contribution in [0.5, 0.6) is 0 Å². The Bertz CT molecular complexity index is 935. The highest BCUT2D eigenvalue weighted by molar-refractivity contribution is 6.29. The molecule has 0 spiro atoms. The molecule has 0 amide bonds. The number of aromatic nitrogens is 3. The number of nitrogens with zero attached hydrogens (tertiary/aromatic N) is 3. The van der Waals surface area contributed by atoms with E-state index < -0.39 is 17.6 Å². The van der Waals surface area contributed by atoms with Gasteiger partial charge >= 0.3 is 6.18 Å². The highest BCUT2D eigenvalue weighted by Crippen LogP contribution is 2.56. The van der Waals surface area contributed by atoms with Crippen LogP contribution in [0.4, 0.5) is 17.6 Å². The van der Waals surface area contributed by atoms with Gasteiger partial charge in [0.15, 0.2) is 5.65 Å². The highest BCUT2D eigenvalue weighted by atomic mass is 35.5. The molecule has 0 radical (unpaired) electrons. The number of fused-ring (bicyclic) bond motifs is 1. The quantitative estimate of drug-likeness (QED) is 0.617. The zero-order valence-electron chi connectivity index (χ0n) is 12.1. The number of halogens is 5. The van der Waals surface area contributed by atoms with E-state index >= 15 is 0 Å². The summed E-state index contributed by atoms with van der Waals surface area (Å²) in [6.07, 6.45) is -0.812. The normalized spacial score (nSPS) is 20.5. The molecule has 3 aromatic rings. The van der Waals surface area contributed by atoms with Gasteiger partial charge in [0.1, 0.15) is 11.0 Å². The van der Waals surface area contributed by atoms with E-state index in [1.807, 2.05) is 0 Å². The number of alkyl halides is 3. The summed E-state index contributed by atoms with van der Waals surface area (Å²) in [5, 5.41) is 4.37. The minimum absolute atomic E-state index is 0.0121. The molecule has 4 rings (SSSR count). The van der Waals surface area contributed by atoms with Crippen molar-refractivity contribution in [3.05, 3.63) is 64.3 Å². The molecule has 0 unspecified atom stereocenters. The first kappa shape index (κ1) is 15.4. The lowest BCUT2D eigenvalue weighted by atomic mass is 10.0. The Hall–Kier alpha value is -2.15. The first-order valence-electron chi connectivity index (χ1n) is 7.21. The van der Waals surface area contributed by atoms with Crippen LogP contribution in [0.25, 0.3) is 5.65 Å². The predicted molar refractivity (Wildman–Crippen MR) is 79.5 cm³/mol. The molecule has 1 saturated carbocycles. The van der Waals surface area contributed by atoms with Gasteiger partial charge in [-0.15, -0.1) is 0 Å². The molecular formula is C16H10ClF4N3. The molecule has 1 fully saturated rings. The Kier molecular flexibility index (Phi) is 3.32. The Morgan fingerprint density at radius 3 is 2.71 bits per heavy atom. The molecular weight excluding hydrogens is 346 g/mol. The minimum Gasteiger partial charge on any atom is -0.235 e. The van der Waals surface area contributed by atoms with Crippen LogP contribution in [-0.2, 0) is 6.18 Å². The molecule has 0 N–H and O–H groups in total. The van der Waals surface area contributed by atoms with Gasteiger partial charge in [-0.25, -0.2) is 13.9 Å². The summed E-state index contributed by atoms with van der Waals surface area (Å²) >= 11 is 5.99. The van der Waals surface area contributed by atoms with E-state index in [0.29, 0.717) is 17.6 Å². The Balaban J connectivity index is 1.70. The third kappa shape index (κ3) is 2.53. The van der Waals surface area contributed by atoms with Crippen LogP contribution in [0.2, 0.25) is 5.15 Å². The van der Waals surface area contributed by atoms with Crippen molar-refractivity contribution < 1.29 is 17.6 Å². The van der Waals surface area contributed by atoms with Crippen molar-refractivity contribution in [2.75, 3.05) is 0 Å². The van der Waals surface area contributed by atoms with E-state index in [0.717, 1.165) is 17.7 Å². The fraction of sp³-hybridized carbons (Fsp3) is 0.250. The van der Waals surface area contributed by atoms with Gasteiger partial charge in [-0.05, 0) is 42.0 Å². The predicted octanol–water partition coefficient (Wildman–Crippen LogP) is 4.81. The molecule has 2 atom stereocenters. The fourth-order valence-electron chi connectivity index (χ4n) is 3.08. The van der Waals surface area contributed by atoms with E-state index in [2.05, 4.69) is 10.1 Å². The molecule has 1 aliphatic rings. The van der Waals surface area contributed by atoms with Crippen molar-refractivity contribution in [1.82, 2.24) is 14.6 Å². The second-order valence-corrected chi connectivity index (χ2v) is 6.19. The van der Waals surface area contributed by atoms with Crippen LogP contribution in [0, 0.1) is 5.82 Å². The van der Waals surface area contributed by atoms with Crippen LogP contribution in [0.1, 0.15) is 34.9 Å². The summed E-state index contributed by atoms with van der Waals surface area (Å²) in [5.41, 5.74) is 0.698. The number of hydrogen-bond acceptors (Lipinski definition) is 2. The number of rotatable bonds is 2. The van der Waals surface area contributed by atoms with Gasteiger partial charge in [0, 0.05) is 18.0 Å². The molecule has 24 heavy (non-hydrogen) atoms. The Morgan fingerprint density at radius 1 is 1.17 bits per heavy atom. The first-order valence-corrected chi connectivity index (χ1v) is 7.59. The molecule has 3 nitrogen and oxygen atoms in total. The Morgan fingerprint density at radius 2 is 1.96 bits per heavy atom. The lowest BCUT2D eigenvalue weighted by Gasteiger charge is -2.10. The number of benzene rings is 1. The van der Waals surface area contributed by atoms with E-state index in [-0.39, 0.29) is 17.0 Å². The zero-order valence-corrected chi connectivity index (χ0v) is 12.8. The van der Waals surface area contributed by atoms with Gasteiger partial charge in [0.2, 0.25) is 0 Å². The maximum atomic E-state index is 13.4. The van der Waals surface area contributed by atoms with Gasteiger partial charge in [-0.2, -0.15) is 18.3 Å². The first-order chi connectivity index (χ1) is 11.3. The molecule has 0 saturated heterocycles. The average Bonchev–Trinajstić information content (AvgIpc) is 3.15. The van der Waals surface area contributed by atoms with Crippen molar-refractivity contribution >= 4 is 17.2 Å². The smallest absolute Gasteiger partial charge is 0.235 e. The molecule has 8 heteroatoms. The van der Waals surface area contributed by atoms with E-state index in [1.165, 1.54) is 6.07 Å². The molecule has 0 aliphatic heterocycles.